The van der Waals surface area contributed by atoms with Crippen LogP contribution in [0.2, 0.25) is 5.02 Å². The Morgan fingerprint density at radius 3 is 2.88 bits per heavy atom. The summed E-state index contributed by atoms with van der Waals surface area (Å²) in [6.45, 7) is 1.07. The highest BCUT2D eigenvalue weighted by atomic mass is 35.5. The van der Waals surface area contributed by atoms with Gasteiger partial charge < -0.3 is 10.6 Å². The fourth-order valence-corrected chi connectivity index (χ4v) is 2.14. The van der Waals surface area contributed by atoms with Crippen LogP contribution in [-0.4, -0.2) is 24.5 Å². The number of halogens is 1. The van der Waals surface area contributed by atoms with E-state index < -0.39 is 0 Å². The van der Waals surface area contributed by atoms with E-state index in [-0.39, 0.29) is 6.04 Å². The lowest BCUT2D eigenvalue weighted by Crippen LogP contribution is -2.25. The van der Waals surface area contributed by atoms with Crippen molar-refractivity contribution < 1.29 is 0 Å². The molecule has 1 fully saturated rings. The lowest BCUT2D eigenvalue weighted by Gasteiger charge is -2.19. The van der Waals surface area contributed by atoms with Crippen LogP contribution in [0.4, 0.5) is 0 Å². The summed E-state index contributed by atoms with van der Waals surface area (Å²) in [5.74, 6) is 0. The minimum atomic E-state index is 0.0971. The molecule has 1 aliphatic rings. The summed E-state index contributed by atoms with van der Waals surface area (Å²) in [7, 11) is 2.18. The molecule has 16 heavy (non-hydrogen) atoms. The van der Waals surface area contributed by atoms with E-state index in [4.69, 9.17) is 17.3 Å². The molecule has 2 rings (SSSR count). The number of rotatable bonds is 5. The molecule has 1 aliphatic carbocycles. The van der Waals surface area contributed by atoms with Crippen LogP contribution in [-0.2, 0) is 0 Å². The second-order valence-electron chi connectivity index (χ2n) is 4.66. The maximum absolute atomic E-state index is 6.15. The average molecular weight is 239 g/mol. The number of hydrogen-bond acceptors (Lipinski definition) is 2. The smallest absolute Gasteiger partial charge is 0.0409 e. The Hall–Kier alpha value is -0.570. The summed E-state index contributed by atoms with van der Waals surface area (Å²) in [5, 5.41) is 0.767. The lowest BCUT2D eigenvalue weighted by molar-refractivity contribution is 0.309. The number of hydrogen-bond donors (Lipinski definition) is 1. The summed E-state index contributed by atoms with van der Waals surface area (Å²) in [5.41, 5.74) is 7.28. The molecule has 1 aromatic carbocycles. The zero-order chi connectivity index (χ0) is 11.5. The van der Waals surface area contributed by atoms with Gasteiger partial charge in [0.25, 0.3) is 0 Å². The summed E-state index contributed by atoms with van der Waals surface area (Å²) >= 11 is 5.95. The lowest BCUT2D eigenvalue weighted by atomic mass is 10.0. The average Bonchev–Trinajstić information content (AvgIpc) is 3.09. The SMILES string of the molecule is CN(CCC(N)c1cccc(Cl)c1)C1CC1. The van der Waals surface area contributed by atoms with Gasteiger partial charge in [0.05, 0.1) is 0 Å². The molecule has 0 radical (unpaired) electrons. The van der Waals surface area contributed by atoms with Crippen molar-refractivity contribution in [2.45, 2.75) is 31.3 Å². The van der Waals surface area contributed by atoms with Gasteiger partial charge in [0.1, 0.15) is 0 Å². The molecule has 1 unspecified atom stereocenters. The zero-order valence-corrected chi connectivity index (χ0v) is 10.5. The molecular weight excluding hydrogens is 220 g/mol. The van der Waals surface area contributed by atoms with E-state index in [1.165, 1.54) is 12.8 Å². The summed E-state index contributed by atoms with van der Waals surface area (Å²) in [6, 6.07) is 8.76. The first-order valence-corrected chi connectivity index (χ1v) is 6.26. The predicted octanol–water partition coefficient (Wildman–Crippen LogP) is 2.82. The summed E-state index contributed by atoms with van der Waals surface area (Å²) in [6.07, 6.45) is 3.69. The van der Waals surface area contributed by atoms with Gasteiger partial charge in [-0.05, 0) is 50.6 Å². The van der Waals surface area contributed by atoms with Gasteiger partial charge in [-0.1, -0.05) is 23.7 Å². The third-order valence-corrected chi connectivity index (χ3v) is 3.47. The highest BCUT2D eigenvalue weighted by Crippen LogP contribution is 2.26. The van der Waals surface area contributed by atoms with Gasteiger partial charge >= 0.3 is 0 Å². The molecule has 0 aromatic heterocycles. The highest BCUT2D eigenvalue weighted by Gasteiger charge is 2.25. The first kappa shape index (κ1) is 11.9. The number of nitrogens with two attached hydrogens (primary N) is 1. The van der Waals surface area contributed by atoms with E-state index >= 15 is 0 Å². The Labute approximate surface area is 102 Å². The molecule has 0 aliphatic heterocycles. The zero-order valence-electron chi connectivity index (χ0n) is 9.70. The van der Waals surface area contributed by atoms with Gasteiger partial charge in [0, 0.05) is 17.1 Å². The van der Waals surface area contributed by atoms with Crippen molar-refractivity contribution >= 4 is 11.6 Å². The van der Waals surface area contributed by atoms with Crippen molar-refractivity contribution in [2.75, 3.05) is 13.6 Å². The third-order valence-electron chi connectivity index (χ3n) is 3.24. The van der Waals surface area contributed by atoms with Crippen LogP contribution >= 0.6 is 11.6 Å². The number of benzene rings is 1. The molecule has 2 nitrogen and oxygen atoms in total. The van der Waals surface area contributed by atoms with E-state index in [2.05, 4.69) is 11.9 Å². The molecule has 1 aromatic rings. The Morgan fingerprint density at radius 1 is 1.50 bits per heavy atom. The van der Waals surface area contributed by atoms with Crippen LogP contribution in [0.5, 0.6) is 0 Å². The van der Waals surface area contributed by atoms with E-state index in [9.17, 15) is 0 Å². The molecule has 0 bridgehead atoms. The molecular formula is C13H19ClN2. The Balaban J connectivity index is 1.84. The van der Waals surface area contributed by atoms with Gasteiger partial charge in [0.2, 0.25) is 0 Å². The van der Waals surface area contributed by atoms with Crippen molar-refractivity contribution in [3.63, 3.8) is 0 Å². The van der Waals surface area contributed by atoms with Crippen molar-refractivity contribution in [1.29, 1.82) is 0 Å². The van der Waals surface area contributed by atoms with Crippen molar-refractivity contribution in [3.05, 3.63) is 34.9 Å². The standard InChI is InChI=1S/C13H19ClN2/c1-16(12-5-6-12)8-7-13(15)10-3-2-4-11(14)9-10/h2-4,9,12-13H,5-8,15H2,1H3. The minimum absolute atomic E-state index is 0.0971. The molecule has 3 heteroatoms. The van der Waals surface area contributed by atoms with Crippen LogP contribution in [0.1, 0.15) is 30.9 Å². The first-order chi connectivity index (χ1) is 7.66. The molecule has 0 amide bonds. The van der Waals surface area contributed by atoms with Crippen LogP contribution in [0.3, 0.4) is 0 Å². The van der Waals surface area contributed by atoms with Gasteiger partial charge in [-0.15, -0.1) is 0 Å². The van der Waals surface area contributed by atoms with E-state index in [0.29, 0.717) is 0 Å². The topological polar surface area (TPSA) is 29.3 Å². The third kappa shape index (κ3) is 3.21. The molecule has 1 atom stereocenters. The van der Waals surface area contributed by atoms with Crippen LogP contribution in [0.25, 0.3) is 0 Å². The van der Waals surface area contributed by atoms with E-state index in [1.807, 2.05) is 24.3 Å². The highest BCUT2D eigenvalue weighted by molar-refractivity contribution is 6.30. The molecule has 2 N–H and O–H groups in total. The largest absolute Gasteiger partial charge is 0.324 e. The molecule has 0 saturated heterocycles. The van der Waals surface area contributed by atoms with Gasteiger partial charge in [0.15, 0.2) is 0 Å². The normalized spacial score (nSPS) is 17.8. The number of nitrogens with zero attached hydrogens (tertiary/aromatic N) is 1. The Morgan fingerprint density at radius 2 is 2.25 bits per heavy atom. The predicted molar refractivity (Wildman–Crippen MR) is 68.6 cm³/mol. The van der Waals surface area contributed by atoms with Crippen LogP contribution in [0.15, 0.2) is 24.3 Å². The Kier molecular flexibility index (Phi) is 3.85. The van der Waals surface area contributed by atoms with Gasteiger partial charge in [-0.3, -0.25) is 0 Å². The fourth-order valence-electron chi connectivity index (χ4n) is 1.94. The van der Waals surface area contributed by atoms with Crippen LogP contribution < -0.4 is 5.73 Å². The van der Waals surface area contributed by atoms with E-state index in [0.717, 1.165) is 29.6 Å². The Bertz CT molecular complexity index is 350. The fraction of sp³-hybridized carbons (Fsp3) is 0.538. The van der Waals surface area contributed by atoms with Gasteiger partial charge in [-0.25, -0.2) is 0 Å². The molecule has 0 spiro atoms. The quantitative estimate of drug-likeness (QED) is 0.855. The molecule has 1 saturated carbocycles. The monoisotopic (exact) mass is 238 g/mol. The summed E-state index contributed by atoms with van der Waals surface area (Å²) < 4.78 is 0. The van der Waals surface area contributed by atoms with Crippen molar-refractivity contribution in [2.24, 2.45) is 5.73 Å². The van der Waals surface area contributed by atoms with Crippen LogP contribution in [0, 0.1) is 0 Å². The first-order valence-electron chi connectivity index (χ1n) is 5.88. The maximum Gasteiger partial charge on any atom is 0.0409 e. The van der Waals surface area contributed by atoms with E-state index in [1.54, 1.807) is 0 Å². The van der Waals surface area contributed by atoms with Gasteiger partial charge in [-0.2, -0.15) is 0 Å². The second-order valence-corrected chi connectivity index (χ2v) is 5.10. The minimum Gasteiger partial charge on any atom is -0.324 e. The molecule has 0 heterocycles. The van der Waals surface area contributed by atoms with Crippen molar-refractivity contribution in [3.8, 4) is 0 Å². The summed E-state index contributed by atoms with van der Waals surface area (Å²) in [4.78, 5) is 2.41. The molecule has 88 valence electrons. The second kappa shape index (κ2) is 5.17. The van der Waals surface area contributed by atoms with Crippen molar-refractivity contribution in [1.82, 2.24) is 4.90 Å². The maximum atomic E-state index is 6.15.